The fourth-order valence-electron chi connectivity index (χ4n) is 0.837. The fraction of sp³-hybridized carbons (Fsp3) is 1.00. The Morgan fingerprint density at radius 1 is 0.933 bits per heavy atom. The molecule has 0 unspecified atom stereocenters. The van der Waals surface area contributed by atoms with E-state index in [0.29, 0.717) is 0 Å². The molecule has 0 saturated carbocycles. The summed E-state index contributed by atoms with van der Waals surface area (Å²) in [6, 6.07) is 0. The van der Waals surface area contributed by atoms with Gasteiger partial charge in [0.25, 0.3) is 0 Å². The summed E-state index contributed by atoms with van der Waals surface area (Å²) in [5, 5.41) is 0. The average molecular weight is 236 g/mol. The van der Waals surface area contributed by atoms with E-state index in [4.69, 9.17) is 13.6 Å². The van der Waals surface area contributed by atoms with Gasteiger partial charge in [-0.1, -0.05) is 26.7 Å². The highest BCUT2D eigenvalue weighted by atomic mass is 31.2. The first-order chi connectivity index (χ1) is 7.20. The van der Waals surface area contributed by atoms with E-state index in [1.807, 2.05) is 13.8 Å². The molecule has 15 heavy (non-hydrogen) atoms. The molecule has 0 aromatic heterocycles. The van der Waals surface area contributed by atoms with Gasteiger partial charge in [0.05, 0.1) is 19.3 Å². The zero-order chi connectivity index (χ0) is 11.5. The van der Waals surface area contributed by atoms with E-state index in [1.165, 1.54) is 0 Å². The van der Waals surface area contributed by atoms with E-state index in [1.54, 1.807) is 0 Å². The summed E-state index contributed by atoms with van der Waals surface area (Å²) in [6.07, 6.45) is 4.58. The quantitative estimate of drug-likeness (QED) is 0.418. The van der Waals surface area contributed by atoms with Crippen LogP contribution in [0.4, 0.5) is 0 Å². The predicted molar refractivity (Wildman–Crippen MR) is 64.9 cm³/mol. The van der Waals surface area contributed by atoms with Crippen molar-refractivity contribution >= 4 is 8.60 Å². The molecule has 0 spiro atoms. The molecule has 0 atom stereocenters. The Morgan fingerprint density at radius 2 is 1.40 bits per heavy atom. The first-order valence-electron chi connectivity index (χ1n) is 5.93. The third kappa shape index (κ3) is 10.6. The van der Waals surface area contributed by atoms with Gasteiger partial charge < -0.3 is 13.6 Å². The molecule has 0 rings (SSSR count). The van der Waals surface area contributed by atoms with Crippen molar-refractivity contribution in [2.45, 2.75) is 59.5 Å². The summed E-state index contributed by atoms with van der Waals surface area (Å²) >= 11 is 0. The van der Waals surface area contributed by atoms with Crippen LogP contribution in [-0.2, 0) is 13.6 Å². The van der Waals surface area contributed by atoms with Gasteiger partial charge >= 0.3 is 8.60 Å². The Balaban J connectivity index is 3.63. The highest BCUT2D eigenvalue weighted by Gasteiger charge is 2.13. The Hall–Kier alpha value is 0.310. The van der Waals surface area contributed by atoms with E-state index < -0.39 is 8.60 Å². The molecule has 0 aliphatic heterocycles. The lowest BCUT2D eigenvalue weighted by atomic mass is 10.4. The molecule has 0 radical (unpaired) electrons. The lowest BCUT2D eigenvalue weighted by molar-refractivity contribution is 0.131. The van der Waals surface area contributed by atoms with Crippen molar-refractivity contribution in [2.24, 2.45) is 0 Å². The third-order valence-electron chi connectivity index (χ3n) is 1.69. The Labute approximate surface area is 95.5 Å². The molecule has 0 aliphatic rings. The molecule has 0 saturated heterocycles. The second-order valence-electron chi connectivity index (χ2n) is 3.75. The molecule has 0 aromatic rings. The summed E-state index contributed by atoms with van der Waals surface area (Å²) in [5.74, 6) is 0. The lowest BCUT2D eigenvalue weighted by Crippen LogP contribution is -2.04. The number of rotatable bonds is 10. The molecule has 0 N–H and O–H groups in total. The molecule has 3 nitrogen and oxygen atoms in total. The average Bonchev–Trinajstić information content (AvgIpc) is 2.17. The van der Waals surface area contributed by atoms with E-state index in [-0.39, 0.29) is 6.10 Å². The van der Waals surface area contributed by atoms with Gasteiger partial charge in [0.15, 0.2) is 0 Å². The molecule has 0 fully saturated rings. The second-order valence-corrected chi connectivity index (χ2v) is 4.93. The van der Waals surface area contributed by atoms with Crippen molar-refractivity contribution in [3.05, 3.63) is 0 Å². The van der Waals surface area contributed by atoms with Gasteiger partial charge in [0.1, 0.15) is 0 Å². The number of hydrogen-bond donors (Lipinski definition) is 0. The third-order valence-corrected chi connectivity index (χ3v) is 3.07. The maximum Gasteiger partial charge on any atom is 0.332 e. The van der Waals surface area contributed by atoms with Gasteiger partial charge in [-0.25, -0.2) is 0 Å². The molecular weight excluding hydrogens is 211 g/mol. The van der Waals surface area contributed by atoms with Crippen LogP contribution in [0.1, 0.15) is 53.4 Å². The summed E-state index contributed by atoms with van der Waals surface area (Å²) in [5.41, 5.74) is 0. The second kappa shape index (κ2) is 10.8. The van der Waals surface area contributed by atoms with Crippen LogP contribution in [0, 0.1) is 0 Å². The Morgan fingerprint density at radius 3 is 1.73 bits per heavy atom. The van der Waals surface area contributed by atoms with Crippen molar-refractivity contribution in [2.75, 3.05) is 13.2 Å². The number of hydrogen-bond acceptors (Lipinski definition) is 3. The van der Waals surface area contributed by atoms with Crippen LogP contribution in [-0.4, -0.2) is 19.3 Å². The summed E-state index contributed by atoms with van der Waals surface area (Å²) in [7, 11) is -1.12. The first kappa shape index (κ1) is 15.3. The van der Waals surface area contributed by atoms with Crippen LogP contribution in [0.2, 0.25) is 0 Å². The molecule has 0 heterocycles. The Bertz CT molecular complexity index is 121. The van der Waals surface area contributed by atoms with E-state index in [0.717, 1.165) is 38.9 Å². The predicted octanol–water partition coefficient (Wildman–Crippen LogP) is 4.27. The van der Waals surface area contributed by atoms with Crippen LogP contribution in [0.15, 0.2) is 0 Å². The van der Waals surface area contributed by atoms with Gasteiger partial charge in [-0.2, -0.15) is 0 Å². The molecular formula is C11H25O3P. The van der Waals surface area contributed by atoms with Gasteiger partial charge in [-0.05, 0) is 26.7 Å². The minimum atomic E-state index is -1.12. The normalized spacial score (nSPS) is 11.6. The fourth-order valence-corrected chi connectivity index (χ4v) is 1.93. The van der Waals surface area contributed by atoms with Gasteiger partial charge in [-0.3, -0.25) is 0 Å². The zero-order valence-electron chi connectivity index (χ0n) is 10.5. The van der Waals surface area contributed by atoms with Gasteiger partial charge in [-0.15, -0.1) is 0 Å². The van der Waals surface area contributed by atoms with Crippen molar-refractivity contribution in [3.63, 3.8) is 0 Å². The highest BCUT2D eigenvalue weighted by Crippen LogP contribution is 2.41. The smallest absolute Gasteiger partial charge is 0.312 e. The monoisotopic (exact) mass is 236 g/mol. The van der Waals surface area contributed by atoms with Crippen molar-refractivity contribution in [1.82, 2.24) is 0 Å². The minimum absolute atomic E-state index is 0.166. The maximum absolute atomic E-state index is 5.56. The molecule has 92 valence electrons. The molecule has 0 aromatic carbocycles. The van der Waals surface area contributed by atoms with Gasteiger partial charge in [0, 0.05) is 0 Å². The van der Waals surface area contributed by atoms with E-state index >= 15 is 0 Å². The van der Waals surface area contributed by atoms with E-state index in [9.17, 15) is 0 Å². The van der Waals surface area contributed by atoms with Crippen LogP contribution >= 0.6 is 8.60 Å². The zero-order valence-corrected chi connectivity index (χ0v) is 11.4. The van der Waals surface area contributed by atoms with Crippen LogP contribution < -0.4 is 0 Å². The molecule has 0 aliphatic carbocycles. The maximum atomic E-state index is 5.56. The van der Waals surface area contributed by atoms with Crippen LogP contribution in [0.25, 0.3) is 0 Å². The van der Waals surface area contributed by atoms with Crippen LogP contribution in [0.5, 0.6) is 0 Å². The van der Waals surface area contributed by atoms with Crippen LogP contribution in [0.3, 0.4) is 0 Å². The minimum Gasteiger partial charge on any atom is -0.312 e. The number of unbranched alkanes of at least 4 members (excludes halogenated alkanes) is 2. The largest absolute Gasteiger partial charge is 0.332 e. The van der Waals surface area contributed by atoms with Gasteiger partial charge in [0.2, 0.25) is 0 Å². The summed E-state index contributed by atoms with van der Waals surface area (Å²) in [4.78, 5) is 0. The summed E-state index contributed by atoms with van der Waals surface area (Å²) in [6.45, 7) is 9.77. The topological polar surface area (TPSA) is 27.7 Å². The highest BCUT2D eigenvalue weighted by molar-refractivity contribution is 7.41. The van der Waals surface area contributed by atoms with E-state index in [2.05, 4.69) is 13.8 Å². The lowest BCUT2D eigenvalue weighted by Gasteiger charge is -2.18. The van der Waals surface area contributed by atoms with Crippen molar-refractivity contribution < 1.29 is 13.6 Å². The Kier molecular flexibility index (Phi) is 11.0. The molecule has 4 heteroatoms. The molecule has 0 bridgehead atoms. The summed E-state index contributed by atoms with van der Waals surface area (Å²) < 4.78 is 16.7. The van der Waals surface area contributed by atoms with Crippen molar-refractivity contribution in [3.8, 4) is 0 Å². The molecule has 0 amide bonds. The standard InChI is InChI=1S/C11H25O3P/c1-5-7-9-12-15(14-11(3)4)13-10-8-6-2/h11H,5-10H2,1-4H3. The SMILES string of the molecule is CCCCOP(OCCCC)OC(C)C. The first-order valence-corrected chi connectivity index (χ1v) is 7.03. The van der Waals surface area contributed by atoms with Crippen molar-refractivity contribution in [1.29, 1.82) is 0 Å².